The van der Waals surface area contributed by atoms with Crippen LogP contribution in [-0.4, -0.2) is 36.4 Å². The molecule has 0 saturated carbocycles. The molecule has 1 aromatic rings. The summed E-state index contributed by atoms with van der Waals surface area (Å²) in [6, 6.07) is 7.39. The zero-order valence-corrected chi connectivity index (χ0v) is 14.0. The molecule has 0 fully saturated rings. The molecule has 0 spiro atoms. The third kappa shape index (κ3) is 8.36. The van der Waals surface area contributed by atoms with Gasteiger partial charge in [0.2, 0.25) is 0 Å². The maximum absolute atomic E-state index is 11.4. The van der Waals surface area contributed by atoms with Crippen LogP contribution < -0.4 is 10.1 Å². The fourth-order valence-electron chi connectivity index (χ4n) is 1.51. The molecule has 0 radical (unpaired) electrons. The highest BCUT2D eigenvalue weighted by molar-refractivity contribution is 7.80. The molecule has 0 unspecified atom stereocenters. The third-order valence-corrected chi connectivity index (χ3v) is 2.50. The third-order valence-electron chi connectivity index (χ3n) is 2.38. The lowest BCUT2D eigenvalue weighted by atomic mass is 10.2. The standard InChI is InChI=1S/C16H22N2O3S/c1-16(2,3)21-15(19)18-9-4-11-20-14-7-5-13(6-8-14)17-10-12-22/h5-8,10,12H,4,9,11H2,1-3H3,(H,18,19). The summed E-state index contributed by atoms with van der Waals surface area (Å²) in [7, 11) is 0. The molecule has 0 bridgehead atoms. The quantitative estimate of drug-likeness (QED) is 0.472. The number of nitrogens with one attached hydrogen (secondary N) is 1. The first-order chi connectivity index (χ1) is 10.4. The van der Waals surface area contributed by atoms with Gasteiger partial charge in [0.15, 0.2) is 0 Å². The van der Waals surface area contributed by atoms with Crippen molar-refractivity contribution >= 4 is 35.6 Å². The summed E-state index contributed by atoms with van der Waals surface area (Å²) >= 11 is 4.67. The smallest absolute Gasteiger partial charge is 0.407 e. The first kappa shape index (κ1) is 18.1. The Bertz CT molecular complexity index is 507. The van der Waals surface area contributed by atoms with Gasteiger partial charge in [-0.1, -0.05) is 12.2 Å². The van der Waals surface area contributed by atoms with Crippen LogP contribution in [0.1, 0.15) is 27.2 Å². The van der Waals surface area contributed by atoms with Gasteiger partial charge in [-0.15, -0.1) is 0 Å². The average molecular weight is 322 g/mol. The van der Waals surface area contributed by atoms with E-state index in [0.717, 1.165) is 11.4 Å². The Kier molecular flexibility index (Phi) is 7.52. The number of benzene rings is 1. The van der Waals surface area contributed by atoms with Gasteiger partial charge in [-0.2, -0.15) is 0 Å². The van der Waals surface area contributed by atoms with Crippen molar-refractivity contribution in [1.29, 1.82) is 0 Å². The van der Waals surface area contributed by atoms with Gasteiger partial charge in [-0.3, -0.25) is 4.99 Å². The highest BCUT2D eigenvalue weighted by Crippen LogP contribution is 2.17. The summed E-state index contributed by atoms with van der Waals surface area (Å²) in [5.74, 6) is 0.763. The highest BCUT2D eigenvalue weighted by Gasteiger charge is 2.15. The molecule has 6 heteroatoms. The molecule has 120 valence electrons. The number of aliphatic imine (C=N–C) groups is 1. The summed E-state index contributed by atoms with van der Waals surface area (Å²) in [5, 5.41) is 4.14. The number of hydrogen-bond donors (Lipinski definition) is 1. The molecule has 0 aliphatic heterocycles. The molecule has 0 aliphatic rings. The van der Waals surface area contributed by atoms with E-state index in [1.54, 1.807) is 6.21 Å². The summed E-state index contributed by atoms with van der Waals surface area (Å²) in [6.45, 7) is 6.51. The van der Waals surface area contributed by atoms with Gasteiger partial charge in [-0.05, 0) is 51.5 Å². The van der Waals surface area contributed by atoms with Crippen LogP contribution in [-0.2, 0) is 4.74 Å². The van der Waals surface area contributed by atoms with E-state index >= 15 is 0 Å². The summed E-state index contributed by atoms with van der Waals surface area (Å²) in [6.07, 6.45) is 1.85. The SMILES string of the molecule is CC(C)(C)OC(=O)NCCCOc1ccc(N=CC=S)cc1. The van der Waals surface area contributed by atoms with Gasteiger partial charge in [0.05, 0.1) is 12.3 Å². The van der Waals surface area contributed by atoms with Gasteiger partial charge in [0, 0.05) is 18.1 Å². The number of ether oxygens (including phenoxy) is 2. The molecule has 0 heterocycles. The fraction of sp³-hybridized carbons (Fsp3) is 0.438. The number of thiocarbonyl (C=S) groups is 1. The predicted octanol–water partition coefficient (Wildman–Crippen LogP) is 3.68. The van der Waals surface area contributed by atoms with Crippen molar-refractivity contribution in [2.24, 2.45) is 4.99 Å². The van der Waals surface area contributed by atoms with E-state index in [9.17, 15) is 4.79 Å². The fourth-order valence-corrected chi connectivity index (χ4v) is 1.57. The Morgan fingerprint density at radius 1 is 1.32 bits per heavy atom. The van der Waals surface area contributed by atoms with Crippen LogP contribution in [0.5, 0.6) is 5.75 Å². The molecule has 1 amide bonds. The Balaban J connectivity index is 2.20. The minimum absolute atomic E-state index is 0.409. The Labute approximate surface area is 136 Å². The van der Waals surface area contributed by atoms with Gasteiger partial charge in [-0.25, -0.2) is 4.79 Å². The van der Waals surface area contributed by atoms with Crippen molar-refractivity contribution in [1.82, 2.24) is 5.32 Å². The molecule has 1 N–H and O–H groups in total. The number of alkyl carbamates (subject to hydrolysis) is 1. The van der Waals surface area contributed by atoms with Crippen LogP contribution in [0.15, 0.2) is 29.3 Å². The molecule has 1 rings (SSSR count). The van der Waals surface area contributed by atoms with Crippen LogP contribution in [0.25, 0.3) is 0 Å². The molecule has 0 atom stereocenters. The van der Waals surface area contributed by atoms with Crippen molar-refractivity contribution in [3.63, 3.8) is 0 Å². The molecule has 0 saturated heterocycles. The normalized spacial score (nSPS) is 11.2. The lowest BCUT2D eigenvalue weighted by Gasteiger charge is -2.19. The molecule has 22 heavy (non-hydrogen) atoms. The second-order valence-corrected chi connectivity index (χ2v) is 5.81. The maximum atomic E-state index is 11.4. The minimum atomic E-state index is -0.478. The van der Waals surface area contributed by atoms with Gasteiger partial charge >= 0.3 is 6.09 Å². The van der Waals surface area contributed by atoms with E-state index in [2.05, 4.69) is 22.5 Å². The van der Waals surface area contributed by atoms with Crippen molar-refractivity contribution in [3.05, 3.63) is 24.3 Å². The van der Waals surface area contributed by atoms with E-state index in [4.69, 9.17) is 9.47 Å². The molecule has 1 aromatic carbocycles. The Morgan fingerprint density at radius 2 is 2.00 bits per heavy atom. The zero-order chi connectivity index (χ0) is 16.4. The van der Waals surface area contributed by atoms with Crippen molar-refractivity contribution in [3.8, 4) is 5.75 Å². The number of hydrogen-bond acceptors (Lipinski definition) is 5. The van der Waals surface area contributed by atoms with Crippen molar-refractivity contribution < 1.29 is 14.3 Å². The van der Waals surface area contributed by atoms with Gasteiger partial charge in [0.25, 0.3) is 0 Å². The monoisotopic (exact) mass is 322 g/mol. The first-order valence-electron chi connectivity index (χ1n) is 7.08. The number of nitrogens with zero attached hydrogens (tertiary/aromatic N) is 1. The first-order valence-corrected chi connectivity index (χ1v) is 7.55. The lowest BCUT2D eigenvalue weighted by Crippen LogP contribution is -2.33. The molecule has 5 nitrogen and oxygen atoms in total. The number of amides is 1. The molecular formula is C16H22N2O3S. The highest BCUT2D eigenvalue weighted by atomic mass is 32.1. The number of carbonyl (C=O) groups is 1. The Morgan fingerprint density at radius 3 is 2.59 bits per heavy atom. The largest absolute Gasteiger partial charge is 0.494 e. The number of rotatable bonds is 7. The summed E-state index contributed by atoms with van der Waals surface area (Å²) in [5.41, 5.74) is 0.341. The van der Waals surface area contributed by atoms with E-state index in [1.165, 1.54) is 5.37 Å². The van der Waals surface area contributed by atoms with Crippen molar-refractivity contribution in [2.75, 3.05) is 13.2 Å². The lowest BCUT2D eigenvalue weighted by molar-refractivity contribution is 0.0525. The van der Waals surface area contributed by atoms with E-state index in [0.29, 0.717) is 19.6 Å². The maximum Gasteiger partial charge on any atom is 0.407 e. The van der Waals surface area contributed by atoms with Crippen molar-refractivity contribution in [2.45, 2.75) is 32.8 Å². The average Bonchev–Trinajstić information content (AvgIpc) is 2.44. The van der Waals surface area contributed by atoms with Crippen LogP contribution in [0.3, 0.4) is 0 Å². The van der Waals surface area contributed by atoms with Crippen LogP contribution in [0, 0.1) is 0 Å². The van der Waals surface area contributed by atoms with Crippen LogP contribution >= 0.6 is 12.2 Å². The van der Waals surface area contributed by atoms with Crippen LogP contribution in [0.2, 0.25) is 0 Å². The second-order valence-electron chi connectivity index (χ2n) is 5.54. The van der Waals surface area contributed by atoms with E-state index in [1.807, 2.05) is 45.0 Å². The molecular weight excluding hydrogens is 300 g/mol. The molecule has 0 aliphatic carbocycles. The topological polar surface area (TPSA) is 59.9 Å². The van der Waals surface area contributed by atoms with E-state index in [-0.39, 0.29) is 0 Å². The Hall–Kier alpha value is -1.95. The summed E-state index contributed by atoms with van der Waals surface area (Å²) in [4.78, 5) is 15.5. The number of carbonyl (C=O) groups excluding carboxylic acids is 1. The molecule has 0 aromatic heterocycles. The predicted molar refractivity (Wildman–Crippen MR) is 92.6 cm³/mol. The van der Waals surface area contributed by atoms with Gasteiger partial charge in [0.1, 0.15) is 11.4 Å². The van der Waals surface area contributed by atoms with Crippen LogP contribution in [0.4, 0.5) is 10.5 Å². The van der Waals surface area contributed by atoms with Gasteiger partial charge < -0.3 is 14.8 Å². The minimum Gasteiger partial charge on any atom is -0.494 e. The second kappa shape index (κ2) is 9.15. The zero-order valence-electron chi connectivity index (χ0n) is 13.2. The van der Waals surface area contributed by atoms with E-state index < -0.39 is 11.7 Å². The summed E-state index contributed by atoms with van der Waals surface area (Å²) < 4.78 is 10.7.